The molecule has 30 heavy (non-hydrogen) atoms. The van der Waals surface area contributed by atoms with E-state index in [1.54, 1.807) is 24.3 Å². The van der Waals surface area contributed by atoms with E-state index >= 15 is 0 Å². The van der Waals surface area contributed by atoms with Crippen LogP contribution in [0.5, 0.6) is 0 Å². The molecule has 0 aromatic heterocycles. The van der Waals surface area contributed by atoms with Crippen molar-refractivity contribution in [1.29, 1.82) is 0 Å². The molecule has 2 atom stereocenters. The maximum atomic E-state index is 13.3. The highest BCUT2D eigenvalue weighted by Gasteiger charge is 2.55. The van der Waals surface area contributed by atoms with Crippen LogP contribution in [-0.2, 0) is 24.1 Å². The fourth-order valence-electron chi connectivity index (χ4n) is 4.58. The first kappa shape index (κ1) is 21.7. The van der Waals surface area contributed by atoms with Crippen LogP contribution in [0.4, 0.5) is 0 Å². The maximum Gasteiger partial charge on any atom is 0.490 e. The number of fused-ring (bicyclic) bond motifs is 1. The number of carbonyl (C=O) groups is 1. The molecule has 6 nitrogen and oxygen atoms in total. The summed E-state index contributed by atoms with van der Waals surface area (Å²) in [6.07, 6.45) is 2.35. The van der Waals surface area contributed by atoms with E-state index in [9.17, 15) is 13.2 Å². The molecule has 4 rings (SSSR count). The molecule has 3 aliphatic rings. The second kappa shape index (κ2) is 7.29. The van der Waals surface area contributed by atoms with Gasteiger partial charge < -0.3 is 14.1 Å². The third kappa shape index (κ3) is 3.47. The van der Waals surface area contributed by atoms with Crippen LogP contribution in [0, 0.1) is 18.8 Å². The Morgan fingerprint density at radius 1 is 1.10 bits per heavy atom. The summed E-state index contributed by atoms with van der Waals surface area (Å²) in [5, 5.41) is 0. The summed E-state index contributed by atoms with van der Waals surface area (Å²) in [6, 6.07) is 6.90. The molecule has 0 saturated carbocycles. The lowest BCUT2D eigenvalue weighted by atomic mass is 9.64. The fourth-order valence-corrected chi connectivity index (χ4v) is 6.02. The lowest BCUT2D eigenvalue weighted by molar-refractivity contribution is -0.112. The Morgan fingerprint density at radius 3 is 2.27 bits per heavy atom. The van der Waals surface area contributed by atoms with E-state index in [0.29, 0.717) is 19.4 Å². The maximum absolute atomic E-state index is 13.3. The highest BCUT2D eigenvalue weighted by Crippen LogP contribution is 2.46. The molecule has 1 aliphatic carbocycles. The van der Waals surface area contributed by atoms with E-state index in [1.165, 1.54) is 4.31 Å². The molecule has 0 bridgehead atoms. The smallest absolute Gasteiger partial charge is 0.400 e. The van der Waals surface area contributed by atoms with Gasteiger partial charge in [-0.3, -0.25) is 0 Å². The second-order valence-electron chi connectivity index (χ2n) is 9.69. The summed E-state index contributed by atoms with van der Waals surface area (Å²) in [5.41, 5.74) is 2.09. The summed E-state index contributed by atoms with van der Waals surface area (Å²) < 4.78 is 40.6. The average Bonchev–Trinajstić information content (AvgIpc) is 3.20. The van der Waals surface area contributed by atoms with Crippen LogP contribution in [0.1, 0.15) is 46.1 Å². The van der Waals surface area contributed by atoms with E-state index in [2.05, 4.69) is 0 Å². The van der Waals surface area contributed by atoms with Crippen molar-refractivity contribution in [3.8, 4) is 0 Å². The van der Waals surface area contributed by atoms with Crippen LogP contribution in [-0.4, -0.2) is 50.4 Å². The highest BCUT2D eigenvalue weighted by atomic mass is 32.2. The minimum atomic E-state index is -3.64. The third-order valence-corrected chi connectivity index (χ3v) is 9.07. The van der Waals surface area contributed by atoms with Crippen molar-refractivity contribution in [3.05, 3.63) is 40.9 Å². The SMILES string of the molecule is Cc1ccc(S(=O)(=O)N2CC3=C(B4OC(C)(C)C(C)(C)O4)CC[C@@H](C=O)[C@H]3C2)cc1. The van der Waals surface area contributed by atoms with E-state index in [1.807, 2.05) is 34.6 Å². The third-order valence-electron chi connectivity index (χ3n) is 7.24. The summed E-state index contributed by atoms with van der Waals surface area (Å²) in [5.74, 6) is -0.296. The zero-order valence-corrected chi connectivity index (χ0v) is 19.2. The van der Waals surface area contributed by atoms with Crippen LogP contribution in [0.25, 0.3) is 0 Å². The minimum absolute atomic E-state index is 0.120. The zero-order chi connectivity index (χ0) is 21.9. The van der Waals surface area contributed by atoms with E-state index in [4.69, 9.17) is 9.31 Å². The number of benzene rings is 1. The Labute approximate surface area is 179 Å². The van der Waals surface area contributed by atoms with Gasteiger partial charge >= 0.3 is 7.12 Å². The molecule has 8 heteroatoms. The normalized spacial score (nSPS) is 28.6. The van der Waals surface area contributed by atoms with Crippen molar-refractivity contribution < 1.29 is 22.5 Å². The molecule has 2 fully saturated rings. The Bertz CT molecular complexity index is 967. The van der Waals surface area contributed by atoms with E-state index < -0.39 is 28.3 Å². The quantitative estimate of drug-likeness (QED) is 0.541. The molecule has 2 heterocycles. The number of aldehydes is 1. The van der Waals surface area contributed by atoms with Gasteiger partial charge in [0.05, 0.1) is 16.1 Å². The number of allylic oxidation sites excluding steroid dienone is 1. The van der Waals surface area contributed by atoms with Gasteiger partial charge in [-0.25, -0.2) is 8.42 Å². The molecule has 1 aromatic carbocycles. The van der Waals surface area contributed by atoms with Gasteiger partial charge in [-0.05, 0) is 65.1 Å². The Balaban J connectivity index is 1.69. The average molecular weight is 431 g/mol. The predicted octanol–water partition coefficient (Wildman–Crippen LogP) is 3.15. The monoisotopic (exact) mass is 431 g/mol. The molecule has 0 spiro atoms. The standard InChI is InChI=1S/C22H30BNO5S/c1-15-6-9-17(10-7-15)30(26,27)24-12-18-16(14-25)8-11-20(19(18)13-24)23-28-21(2,3)22(4,5)29-23/h6-7,9-10,14,16,18H,8,11-13H2,1-5H3/t16-,18+/m0/s1. The van der Waals surface area contributed by atoms with Crippen molar-refractivity contribution in [1.82, 2.24) is 4.31 Å². The highest BCUT2D eigenvalue weighted by molar-refractivity contribution is 7.89. The number of aryl methyl sites for hydroxylation is 1. The van der Waals surface area contributed by atoms with Crippen LogP contribution in [0.2, 0.25) is 0 Å². The van der Waals surface area contributed by atoms with Crippen LogP contribution < -0.4 is 0 Å². The Morgan fingerprint density at radius 2 is 1.70 bits per heavy atom. The molecule has 2 saturated heterocycles. The number of carbonyl (C=O) groups excluding carboxylic acids is 1. The van der Waals surface area contributed by atoms with Gasteiger partial charge in [0.1, 0.15) is 6.29 Å². The van der Waals surface area contributed by atoms with Crippen LogP contribution >= 0.6 is 0 Å². The lowest BCUT2D eigenvalue weighted by Crippen LogP contribution is -2.41. The van der Waals surface area contributed by atoms with E-state index in [-0.39, 0.29) is 23.3 Å². The number of nitrogens with zero attached hydrogens (tertiary/aromatic N) is 1. The molecule has 0 unspecified atom stereocenters. The van der Waals surface area contributed by atoms with Gasteiger partial charge in [-0.15, -0.1) is 0 Å². The van der Waals surface area contributed by atoms with Gasteiger partial charge in [0.15, 0.2) is 0 Å². The molecule has 162 valence electrons. The number of hydrogen-bond acceptors (Lipinski definition) is 5. The van der Waals surface area contributed by atoms with Crippen molar-refractivity contribution >= 4 is 23.4 Å². The van der Waals surface area contributed by atoms with Gasteiger partial charge in [-0.1, -0.05) is 23.3 Å². The van der Waals surface area contributed by atoms with E-state index in [0.717, 1.165) is 22.9 Å². The Hall–Kier alpha value is -1.48. The molecule has 2 aliphatic heterocycles. The van der Waals surface area contributed by atoms with Gasteiger partial charge in [0.2, 0.25) is 10.0 Å². The largest absolute Gasteiger partial charge is 0.490 e. The summed E-state index contributed by atoms with van der Waals surface area (Å²) in [4.78, 5) is 12.0. The summed E-state index contributed by atoms with van der Waals surface area (Å²) in [7, 11) is -4.13. The van der Waals surface area contributed by atoms with Crippen molar-refractivity contribution in [2.45, 2.75) is 63.6 Å². The zero-order valence-electron chi connectivity index (χ0n) is 18.3. The second-order valence-corrected chi connectivity index (χ2v) is 11.6. The lowest BCUT2D eigenvalue weighted by Gasteiger charge is -2.32. The van der Waals surface area contributed by atoms with Crippen molar-refractivity contribution in [2.24, 2.45) is 11.8 Å². The molecular weight excluding hydrogens is 401 g/mol. The Kier molecular flexibility index (Phi) is 5.29. The fraction of sp³-hybridized carbons (Fsp3) is 0.591. The number of hydrogen-bond donors (Lipinski definition) is 0. The predicted molar refractivity (Wildman–Crippen MR) is 115 cm³/mol. The van der Waals surface area contributed by atoms with Gasteiger partial charge in [0, 0.05) is 24.9 Å². The molecule has 0 amide bonds. The first-order valence-corrected chi connectivity index (χ1v) is 12.0. The number of rotatable bonds is 4. The van der Waals surface area contributed by atoms with Gasteiger partial charge in [0.25, 0.3) is 0 Å². The number of sulfonamides is 1. The molecule has 1 aromatic rings. The first-order chi connectivity index (χ1) is 14.0. The molecule has 0 N–H and O–H groups in total. The van der Waals surface area contributed by atoms with Crippen molar-refractivity contribution in [3.63, 3.8) is 0 Å². The molecule has 0 radical (unpaired) electrons. The summed E-state index contributed by atoms with van der Waals surface area (Å²) >= 11 is 0. The summed E-state index contributed by atoms with van der Waals surface area (Å²) in [6.45, 7) is 10.6. The molecular formula is C22H30BNO5S. The van der Waals surface area contributed by atoms with Gasteiger partial charge in [-0.2, -0.15) is 4.31 Å². The van der Waals surface area contributed by atoms with Crippen molar-refractivity contribution in [2.75, 3.05) is 13.1 Å². The topological polar surface area (TPSA) is 72.9 Å². The first-order valence-electron chi connectivity index (χ1n) is 10.6. The van der Waals surface area contributed by atoms with Crippen LogP contribution in [0.3, 0.4) is 0 Å². The minimum Gasteiger partial charge on any atom is -0.400 e. The van der Waals surface area contributed by atoms with Crippen LogP contribution in [0.15, 0.2) is 40.2 Å².